The Morgan fingerprint density at radius 3 is 2.39 bits per heavy atom. The van der Waals surface area contributed by atoms with Crippen molar-refractivity contribution in [1.82, 2.24) is 19.4 Å². The quantitative estimate of drug-likeness (QED) is 0.752. The molecule has 0 saturated carbocycles. The number of rotatable bonds is 7. The molecule has 1 aliphatic rings. The number of morpholine rings is 1. The second-order valence-electron chi connectivity index (χ2n) is 6.65. The van der Waals surface area contributed by atoms with Crippen LogP contribution in [-0.4, -0.2) is 55.9 Å². The first-order valence-corrected chi connectivity index (χ1v) is 10.5. The van der Waals surface area contributed by atoms with E-state index >= 15 is 0 Å². The molecular formula is C18H24F2N4O3S. The van der Waals surface area contributed by atoms with E-state index in [9.17, 15) is 17.2 Å². The second kappa shape index (κ2) is 8.64. The Hall–Kier alpha value is -1.88. The van der Waals surface area contributed by atoms with Gasteiger partial charge in [-0.05, 0) is 19.4 Å². The van der Waals surface area contributed by atoms with Crippen LogP contribution in [0, 0.1) is 13.8 Å². The molecule has 0 spiro atoms. The number of nitrogens with one attached hydrogen (secondary N) is 1. The molecule has 1 aromatic carbocycles. The van der Waals surface area contributed by atoms with Crippen molar-refractivity contribution in [1.29, 1.82) is 0 Å². The lowest BCUT2D eigenvalue weighted by Crippen LogP contribution is -2.43. The molecule has 1 saturated heterocycles. The van der Waals surface area contributed by atoms with Crippen molar-refractivity contribution in [2.24, 2.45) is 0 Å². The van der Waals surface area contributed by atoms with Gasteiger partial charge in [-0.3, -0.25) is 4.90 Å². The summed E-state index contributed by atoms with van der Waals surface area (Å²) < 4.78 is 60.3. The van der Waals surface area contributed by atoms with Crippen molar-refractivity contribution in [3.05, 3.63) is 47.3 Å². The van der Waals surface area contributed by atoms with E-state index in [4.69, 9.17) is 4.74 Å². The Morgan fingerprint density at radius 1 is 1.18 bits per heavy atom. The maximum absolute atomic E-state index is 13.1. The minimum absolute atomic E-state index is 0.0490. The minimum Gasteiger partial charge on any atom is -0.379 e. The van der Waals surface area contributed by atoms with Gasteiger partial charge < -0.3 is 4.74 Å². The first-order valence-electron chi connectivity index (χ1n) is 9.01. The monoisotopic (exact) mass is 414 g/mol. The molecule has 0 bridgehead atoms. The number of hydrogen-bond donors (Lipinski definition) is 1. The van der Waals surface area contributed by atoms with Crippen molar-refractivity contribution in [2.75, 3.05) is 32.8 Å². The van der Waals surface area contributed by atoms with Gasteiger partial charge in [0.2, 0.25) is 10.0 Å². The van der Waals surface area contributed by atoms with E-state index in [1.165, 1.54) is 13.8 Å². The van der Waals surface area contributed by atoms with Crippen LogP contribution in [0.2, 0.25) is 0 Å². The molecule has 10 heteroatoms. The van der Waals surface area contributed by atoms with E-state index in [-0.39, 0.29) is 28.9 Å². The lowest BCUT2D eigenvalue weighted by Gasteiger charge is -2.34. The molecular weight excluding hydrogens is 390 g/mol. The maximum Gasteiger partial charge on any atom is 0.333 e. The Balaban J connectivity index is 1.84. The third-order valence-corrected chi connectivity index (χ3v) is 6.52. The lowest BCUT2D eigenvalue weighted by atomic mass is 10.1. The van der Waals surface area contributed by atoms with Crippen LogP contribution in [0.25, 0.3) is 0 Å². The zero-order valence-corrected chi connectivity index (χ0v) is 16.6. The van der Waals surface area contributed by atoms with Gasteiger partial charge in [0.05, 0.1) is 24.6 Å². The predicted molar refractivity (Wildman–Crippen MR) is 99.7 cm³/mol. The summed E-state index contributed by atoms with van der Waals surface area (Å²) in [7, 11) is -4.00. The number of aryl methyl sites for hydroxylation is 1. The minimum atomic E-state index is -4.00. The number of aromatic nitrogens is 2. The molecule has 7 nitrogen and oxygen atoms in total. The van der Waals surface area contributed by atoms with Crippen molar-refractivity contribution in [3.8, 4) is 0 Å². The fourth-order valence-electron chi connectivity index (χ4n) is 3.51. The summed E-state index contributed by atoms with van der Waals surface area (Å²) in [5, 5.41) is 3.67. The van der Waals surface area contributed by atoms with Gasteiger partial charge >= 0.3 is 6.55 Å². The maximum atomic E-state index is 13.1. The standard InChI is InChI=1S/C18H24F2N4O3S/c1-13-17(14(2)24(22-13)18(19)20)28(25,26)21-12-16(15-6-4-3-5-7-15)23-8-10-27-11-9-23/h3-7,16,18,21H,8-12H2,1-2H3/t16-/m1/s1. The lowest BCUT2D eigenvalue weighted by molar-refractivity contribution is 0.0172. The smallest absolute Gasteiger partial charge is 0.333 e. The summed E-state index contributed by atoms with van der Waals surface area (Å²) in [5.74, 6) is 0. The molecule has 0 radical (unpaired) electrons. The Labute approximate surface area is 163 Å². The van der Waals surface area contributed by atoms with Gasteiger partial charge in [-0.15, -0.1) is 0 Å². The first-order chi connectivity index (χ1) is 13.3. The highest BCUT2D eigenvalue weighted by atomic mass is 32.2. The zero-order valence-electron chi connectivity index (χ0n) is 15.8. The van der Waals surface area contributed by atoms with Gasteiger partial charge in [0, 0.05) is 25.7 Å². The van der Waals surface area contributed by atoms with Crippen molar-refractivity contribution >= 4 is 10.0 Å². The van der Waals surface area contributed by atoms with Gasteiger partial charge in [0.25, 0.3) is 0 Å². The molecule has 28 heavy (non-hydrogen) atoms. The van der Waals surface area contributed by atoms with Crippen LogP contribution in [0.4, 0.5) is 8.78 Å². The molecule has 1 fully saturated rings. The highest BCUT2D eigenvalue weighted by Crippen LogP contribution is 2.25. The van der Waals surface area contributed by atoms with Gasteiger partial charge in [0.15, 0.2) is 0 Å². The molecule has 1 aliphatic heterocycles. The molecule has 0 aliphatic carbocycles. The zero-order chi connectivity index (χ0) is 20.3. The number of ether oxygens (including phenoxy) is 1. The fourth-order valence-corrected chi connectivity index (χ4v) is 4.94. The molecule has 0 unspecified atom stereocenters. The number of alkyl halides is 2. The Kier molecular flexibility index (Phi) is 6.43. The van der Waals surface area contributed by atoms with Gasteiger partial charge in [-0.2, -0.15) is 13.9 Å². The first kappa shape index (κ1) is 20.8. The summed E-state index contributed by atoms with van der Waals surface area (Å²) in [5.41, 5.74) is 0.944. The van der Waals surface area contributed by atoms with Crippen molar-refractivity contribution in [2.45, 2.75) is 31.3 Å². The number of hydrogen-bond acceptors (Lipinski definition) is 5. The number of halogens is 2. The molecule has 3 rings (SSSR count). The van der Waals surface area contributed by atoms with E-state index in [1.54, 1.807) is 0 Å². The topological polar surface area (TPSA) is 76.5 Å². The molecule has 2 heterocycles. The van der Waals surface area contributed by atoms with E-state index in [0.29, 0.717) is 31.0 Å². The summed E-state index contributed by atoms with van der Waals surface area (Å²) in [6.07, 6.45) is 0. The van der Waals surface area contributed by atoms with Crippen LogP contribution in [-0.2, 0) is 14.8 Å². The van der Waals surface area contributed by atoms with Crippen LogP contribution >= 0.6 is 0 Å². The molecule has 1 aromatic heterocycles. The highest BCUT2D eigenvalue weighted by Gasteiger charge is 2.29. The van der Waals surface area contributed by atoms with Gasteiger partial charge in [-0.1, -0.05) is 30.3 Å². The fraction of sp³-hybridized carbons (Fsp3) is 0.500. The van der Waals surface area contributed by atoms with Gasteiger partial charge in [-0.25, -0.2) is 17.8 Å². The van der Waals surface area contributed by atoms with E-state index in [2.05, 4.69) is 14.7 Å². The molecule has 1 atom stereocenters. The summed E-state index contributed by atoms with van der Waals surface area (Å²) in [6.45, 7) is 2.49. The molecule has 1 N–H and O–H groups in total. The highest BCUT2D eigenvalue weighted by molar-refractivity contribution is 7.89. The largest absolute Gasteiger partial charge is 0.379 e. The molecule has 2 aromatic rings. The summed E-state index contributed by atoms with van der Waals surface area (Å²) >= 11 is 0. The van der Waals surface area contributed by atoms with Crippen molar-refractivity contribution < 1.29 is 21.9 Å². The van der Waals surface area contributed by atoms with E-state index in [1.807, 2.05) is 30.3 Å². The van der Waals surface area contributed by atoms with Crippen LogP contribution in [0.1, 0.15) is 29.5 Å². The summed E-state index contributed by atoms with van der Waals surface area (Å²) in [6, 6.07) is 9.40. The van der Waals surface area contributed by atoms with Crippen LogP contribution in [0.5, 0.6) is 0 Å². The third kappa shape index (κ3) is 4.40. The second-order valence-corrected chi connectivity index (χ2v) is 8.35. The van der Waals surface area contributed by atoms with Crippen molar-refractivity contribution in [3.63, 3.8) is 0 Å². The molecule has 0 amide bonds. The predicted octanol–water partition coefficient (Wildman–Crippen LogP) is 2.25. The Bertz CT molecular complexity index is 897. The van der Waals surface area contributed by atoms with E-state index < -0.39 is 16.6 Å². The normalized spacial score (nSPS) is 17.2. The number of nitrogens with zero attached hydrogens (tertiary/aromatic N) is 3. The van der Waals surface area contributed by atoms with Crippen LogP contribution in [0.3, 0.4) is 0 Å². The van der Waals surface area contributed by atoms with Gasteiger partial charge in [0.1, 0.15) is 4.90 Å². The average molecular weight is 414 g/mol. The summed E-state index contributed by atoms with van der Waals surface area (Å²) in [4.78, 5) is 1.96. The third-order valence-electron chi connectivity index (χ3n) is 4.85. The van der Waals surface area contributed by atoms with Crippen LogP contribution in [0.15, 0.2) is 35.2 Å². The Morgan fingerprint density at radius 2 is 1.82 bits per heavy atom. The van der Waals surface area contributed by atoms with E-state index in [0.717, 1.165) is 5.56 Å². The number of sulfonamides is 1. The van der Waals surface area contributed by atoms with Crippen LogP contribution < -0.4 is 4.72 Å². The SMILES string of the molecule is Cc1nn(C(F)F)c(C)c1S(=O)(=O)NC[C@H](c1ccccc1)N1CCOCC1. The average Bonchev–Trinajstić information content (AvgIpc) is 2.99. The number of benzene rings is 1. The molecule has 154 valence electrons.